The van der Waals surface area contributed by atoms with Gasteiger partial charge in [0, 0.05) is 17.5 Å². The molecule has 0 atom stereocenters. The lowest BCUT2D eigenvalue weighted by atomic mass is 10.0. The van der Waals surface area contributed by atoms with Crippen molar-refractivity contribution in [3.8, 4) is 11.3 Å². The van der Waals surface area contributed by atoms with E-state index in [1.54, 1.807) is 0 Å². The Kier molecular flexibility index (Phi) is 2.48. The topological polar surface area (TPSA) is 25.8 Å². The maximum atomic E-state index is 4.33. The van der Waals surface area contributed by atoms with Gasteiger partial charge in [-0.05, 0) is 18.1 Å². The van der Waals surface area contributed by atoms with E-state index in [1.807, 2.05) is 18.2 Å². The van der Waals surface area contributed by atoms with E-state index in [0.29, 0.717) is 0 Å². The summed E-state index contributed by atoms with van der Waals surface area (Å²) in [6.45, 7) is 2.18. The number of rotatable bonds is 2. The Bertz CT molecular complexity index is 571. The van der Waals surface area contributed by atoms with Gasteiger partial charge in [-0.2, -0.15) is 10.2 Å². The van der Waals surface area contributed by atoms with Crippen LogP contribution >= 0.6 is 0 Å². The molecule has 84 valence electrons. The fraction of sp³-hybridized carbons (Fsp3) is 0.200. The molecule has 0 bridgehead atoms. The molecule has 1 aliphatic carbocycles. The van der Waals surface area contributed by atoms with Gasteiger partial charge in [0.15, 0.2) is 0 Å². The van der Waals surface area contributed by atoms with Crippen LogP contribution in [-0.2, 0) is 6.42 Å². The minimum Gasteiger partial charge on any atom is -0.154 e. The van der Waals surface area contributed by atoms with Crippen LogP contribution in [-0.4, -0.2) is 10.2 Å². The second-order valence-electron chi connectivity index (χ2n) is 4.24. The molecule has 0 saturated carbocycles. The molecule has 17 heavy (non-hydrogen) atoms. The maximum Gasteiger partial charge on any atom is 0.0935 e. The first kappa shape index (κ1) is 10.2. The van der Waals surface area contributed by atoms with Gasteiger partial charge in [0.2, 0.25) is 0 Å². The number of hydrogen-bond donors (Lipinski definition) is 0. The van der Waals surface area contributed by atoms with E-state index < -0.39 is 0 Å². The molecule has 0 unspecified atom stereocenters. The summed E-state index contributed by atoms with van der Waals surface area (Å²) in [5.41, 5.74) is 5.88. The molecule has 0 N–H and O–H groups in total. The summed E-state index contributed by atoms with van der Waals surface area (Å²) in [5.74, 6) is 0. The van der Waals surface area contributed by atoms with Gasteiger partial charge in [0.05, 0.1) is 11.4 Å². The highest BCUT2D eigenvalue weighted by atomic mass is 15.1. The summed E-state index contributed by atoms with van der Waals surface area (Å²) in [5, 5.41) is 8.64. The lowest BCUT2D eigenvalue weighted by molar-refractivity contribution is 0.959. The van der Waals surface area contributed by atoms with Crippen LogP contribution in [0, 0.1) is 0 Å². The highest BCUT2D eigenvalue weighted by Crippen LogP contribution is 2.30. The van der Waals surface area contributed by atoms with Crippen LogP contribution in [0.25, 0.3) is 16.8 Å². The van der Waals surface area contributed by atoms with Crippen LogP contribution in [0.1, 0.15) is 24.6 Å². The van der Waals surface area contributed by atoms with E-state index in [2.05, 4.69) is 41.4 Å². The first-order valence-corrected chi connectivity index (χ1v) is 6.00. The lowest BCUT2D eigenvalue weighted by Gasteiger charge is -2.05. The normalized spacial score (nSPS) is 13.4. The maximum absolute atomic E-state index is 4.33. The molecule has 1 heterocycles. The SMILES string of the molecule is CCC1=CCc2nnc(-c3ccccc3)cc21. The van der Waals surface area contributed by atoms with Gasteiger partial charge in [0.25, 0.3) is 0 Å². The highest BCUT2D eigenvalue weighted by molar-refractivity contribution is 5.74. The molecule has 0 spiro atoms. The molecule has 0 aliphatic heterocycles. The zero-order chi connectivity index (χ0) is 11.7. The van der Waals surface area contributed by atoms with Crippen molar-refractivity contribution in [2.45, 2.75) is 19.8 Å². The van der Waals surface area contributed by atoms with Crippen LogP contribution in [0.4, 0.5) is 0 Å². The highest BCUT2D eigenvalue weighted by Gasteiger charge is 2.15. The van der Waals surface area contributed by atoms with E-state index >= 15 is 0 Å². The zero-order valence-electron chi connectivity index (χ0n) is 9.85. The number of nitrogens with zero attached hydrogens (tertiary/aromatic N) is 2. The summed E-state index contributed by atoms with van der Waals surface area (Å²) in [7, 11) is 0. The van der Waals surface area contributed by atoms with E-state index in [0.717, 1.165) is 29.8 Å². The molecule has 2 heteroatoms. The van der Waals surface area contributed by atoms with E-state index in [9.17, 15) is 0 Å². The van der Waals surface area contributed by atoms with Gasteiger partial charge in [-0.3, -0.25) is 0 Å². The molecular weight excluding hydrogens is 208 g/mol. The van der Waals surface area contributed by atoms with Crippen molar-refractivity contribution in [1.82, 2.24) is 10.2 Å². The smallest absolute Gasteiger partial charge is 0.0935 e. The van der Waals surface area contributed by atoms with Crippen LogP contribution in [0.15, 0.2) is 42.5 Å². The van der Waals surface area contributed by atoms with Crippen LogP contribution in [0.5, 0.6) is 0 Å². The Labute approximate surface area is 101 Å². The third-order valence-electron chi connectivity index (χ3n) is 3.21. The Balaban J connectivity index is 2.08. The molecule has 3 rings (SSSR count). The first-order chi connectivity index (χ1) is 8.38. The third kappa shape index (κ3) is 1.76. The fourth-order valence-corrected chi connectivity index (χ4v) is 2.26. The number of allylic oxidation sites excluding steroid dienone is 2. The number of benzene rings is 1. The Morgan fingerprint density at radius 2 is 1.94 bits per heavy atom. The van der Waals surface area contributed by atoms with Crippen molar-refractivity contribution in [1.29, 1.82) is 0 Å². The summed E-state index contributed by atoms with van der Waals surface area (Å²) in [6, 6.07) is 12.4. The molecule has 0 saturated heterocycles. The molecule has 1 aliphatic rings. The molecule has 0 radical (unpaired) electrons. The lowest BCUT2D eigenvalue weighted by Crippen LogP contribution is -1.95. The van der Waals surface area contributed by atoms with Crippen molar-refractivity contribution in [2.75, 3.05) is 0 Å². The standard InChI is InChI=1S/C15H14N2/c1-2-11-8-9-14-13(11)10-15(17-16-14)12-6-4-3-5-7-12/h3-8,10H,2,9H2,1H3. The monoisotopic (exact) mass is 222 g/mol. The van der Waals surface area contributed by atoms with Crippen LogP contribution in [0.2, 0.25) is 0 Å². The van der Waals surface area contributed by atoms with Crippen molar-refractivity contribution in [3.63, 3.8) is 0 Å². The van der Waals surface area contributed by atoms with Crippen molar-refractivity contribution >= 4 is 5.57 Å². The van der Waals surface area contributed by atoms with Crippen molar-refractivity contribution in [2.24, 2.45) is 0 Å². The van der Waals surface area contributed by atoms with E-state index in [1.165, 1.54) is 11.1 Å². The number of aromatic nitrogens is 2. The average Bonchev–Trinajstić information content (AvgIpc) is 2.81. The first-order valence-electron chi connectivity index (χ1n) is 6.00. The molecule has 1 aromatic heterocycles. The van der Waals surface area contributed by atoms with Gasteiger partial charge in [-0.15, -0.1) is 0 Å². The second-order valence-corrected chi connectivity index (χ2v) is 4.24. The van der Waals surface area contributed by atoms with Gasteiger partial charge < -0.3 is 0 Å². The predicted octanol–water partition coefficient (Wildman–Crippen LogP) is 3.49. The van der Waals surface area contributed by atoms with Gasteiger partial charge in [0.1, 0.15) is 0 Å². The minimum atomic E-state index is 0.931. The number of hydrogen-bond acceptors (Lipinski definition) is 2. The second kappa shape index (κ2) is 4.13. The molecular formula is C15H14N2. The van der Waals surface area contributed by atoms with Crippen molar-refractivity contribution in [3.05, 3.63) is 53.7 Å². The molecule has 0 amide bonds. The Morgan fingerprint density at radius 3 is 2.71 bits per heavy atom. The molecule has 1 aromatic carbocycles. The largest absolute Gasteiger partial charge is 0.154 e. The summed E-state index contributed by atoms with van der Waals surface area (Å²) in [6.07, 6.45) is 4.25. The van der Waals surface area contributed by atoms with Crippen LogP contribution < -0.4 is 0 Å². The van der Waals surface area contributed by atoms with Crippen molar-refractivity contribution < 1.29 is 0 Å². The van der Waals surface area contributed by atoms with Gasteiger partial charge >= 0.3 is 0 Å². The number of fused-ring (bicyclic) bond motifs is 1. The minimum absolute atomic E-state index is 0.931. The molecule has 2 nitrogen and oxygen atoms in total. The van der Waals surface area contributed by atoms with Crippen LogP contribution in [0.3, 0.4) is 0 Å². The van der Waals surface area contributed by atoms with Gasteiger partial charge in [-0.1, -0.05) is 43.3 Å². The summed E-state index contributed by atoms with van der Waals surface area (Å²) >= 11 is 0. The quantitative estimate of drug-likeness (QED) is 0.777. The molecule has 0 fully saturated rings. The Hall–Kier alpha value is -1.96. The third-order valence-corrected chi connectivity index (χ3v) is 3.21. The Morgan fingerprint density at radius 1 is 1.12 bits per heavy atom. The van der Waals surface area contributed by atoms with Gasteiger partial charge in [-0.25, -0.2) is 0 Å². The fourth-order valence-electron chi connectivity index (χ4n) is 2.26. The van der Waals surface area contributed by atoms with E-state index in [4.69, 9.17) is 0 Å². The summed E-state index contributed by atoms with van der Waals surface area (Å²) < 4.78 is 0. The molecule has 2 aromatic rings. The zero-order valence-corrected chi connectivity index (χ0v) is 9.85. The average molecular weight is 222 g/mol. The van der Waals surface area contributed by atoms with E-state index in [-0.39, 0.29) is 0 Å². The predicted molar refractivity (Wildman–Crippen MR) is 69.4 cm³/mol. The summed E-state index contributed by atoms with van der Waals surface area (Å²) in [4.78, 5) is 0.